The molecular formula is C18H18FNO3S. The zero-order valence-corrected chi connectivity index (χ0v) is 14.4. The number of aryl methyl sites for hydroxylation is 1. The van der Waals surface area contributed by atoms with E-state index in [2.05, 4.69) is 0 Å². The standard InChI is InChI=1S/C18H18FNO3S/c1-11-3-4-14(19)16(7-11)23-10-15(22)18-8-13-9-20(12(2)21)6-5-17(13)24-18/h3-4,7-8H,5-6,9-10H2,1-2H3. The Labute approximate surface area is 143 Å². The van der Waals surface area contributed by atoms with Gasteiger partial charge in [0, 0.05) is 24.9 Å². The van der Waals surface area contributed by atoms with Gasteiger partial charge >= 0.3 is 0 Å². The largest absolute Gasteiger partial charge is 0.482 e. The number of halogens is 1. The summed E-state index contributed by atoms with van der Waals surface area (Å²) in [5.74, 6) is -0.522. The van der Waals surface area contributed by atoms with Gasteiger partial charge in [-0.25, -0.2) is 4.39 Å². The van der Waals surface area contributed by atoms with Crippen molar-refractivity contribution in [2.45, 2.75) is 26.8 Å². The number of ether oxygens (including phenoxy) is 1. The first-order valence-corrected chi connectivity index (χ1v) is 8.55. The molecule has 1 aromatic heterocycles. The molecule has 0 N–H and O–H groups in total. The maximum atomic E-state index is 13.7. The van der Waals surface area contributed by atoms with Crippen molar-refractivity contribution < 1.29 is 18.7 Å². The van der Waals surface area contributed by atoms with Crippen molar-refractivity contribution in [3.05, 3.63) is 51.0 Å². The molecule has 1 aliphatic rings. The molecule has 1 aromatic carbocycles. The lowest BCUT2D eigenvalue weighted by Gasteiger charge is -2.25. The van der Waals surface area contributed by atoms with E-state index in [0.29, 0.717) is 18.0 Å². The molecule has 0 spiro atoms. The molecule has 24 heavy (non-hydrogen) atoms. The van der Waals surface area contributed by atoms with Crippen LogP contribution in [0.2, 0.25) is 0 Å². The molecule has 0 atom stereocenters. The molecule has 2 aromatic rings. The first-order chi connectivity index (χ1) is 11.4. The van der Waals surface area contributed by atoms with Gasteiger partial charge in [0.1, 0.15) is 0 Å². The van der Waals surface area contributed by atoms with Gasteiger partial charge in [0.2, 0.25) is 11.7 Å². The molecule has 126 valence electrons. The van der Waals surface area contributed by atoms with Crippen LogP contribution >= 0.6 is 11.3 Å². The summed E-state index contributed by atoms with van der Waals surface area (Å²) in [7, 11) is 0. The van der Waals surface area contributed by atoms with Crippen LogP contribution in [0.1, 0.15) is 32.6 Å². The normalized spacial score (nSPS) is 13.5. The number of carbonyl (C=O) groups is 2. The average molecular weight is 347 g/mol. The third-order valence-corrected chi connectivity index (χ3v) is 5.31. The second-order valence-electron chi connectivity index (χ2n) is 5.90. The third kappa shape index (κ3) is 3.48. The molecule has 0 saturated heterocycles. The predicted octanol–water partition coefficient (Wildman–Crippen LogP) is 3.36. The number of thiophene rings is 1. The van der Waals surface area contributed by atoms with Crippen LogP contribution in [0.15, 0.2) is 24.3 Å². The van der Waals surface area contributed by atoms with Crippen LogP contribution < -0.4 is 4.74 Å². The van der Waals surface area contributed by atoms with Crippen molar-refractivity contribution in [3.63, 3.8) is 0 Å². The minimum absolute atomic E-state index is 0.0398. The van der Waals surface area contributed by atoms with E-state index >= 15 is 0 Å². The summed E-state index contributed by atoms with van der Waals surface area (Å²) in [5.41, 5.74) is 1.89. The molecule has 1 aliphatic heterocycles. The number of hydrogen-bond acceptors (Lipinski definition) is 4. The zero-order chi connectivity index (χ0) is 17.3. The lowest BCUT2D eigenvalue weighted by atomic mass is 10.1. The SMILES string of the molecule is CC(=O)N1CCc2sc(C(=O)COc3cc(C)ccc3F)cc2C1. The quantitative estimate of drug-likeness (QED) is 0.797. The summed E-state index contributed by atoms with van der Waals surface area (Å²) < 4.78 is 19.0. The molecule has 2 heterocycles. The second kappa shape index (κ2) is 6.73. The number of carbonyl (C=O) groups excluding carboxylic acids is 2. The smallest absolute Gasteiger partial charge is 0.219 e. The summed E-state index contributed by atoms with van der Waals surface area (Å²) in [5, 5.41) is 0. The second-order valence-corrected chi connectivity index (χ2v) is 7.03. The highest BCUT2D eigenvalue weighted by Gasteiger charge is 2.23. The summed E-state index contributed by atoms with van der Waals surface area (Å²) in [6.07, 6.45) is 0.764. The van der Waals surface area contributed by atoms with Crippen LogP contribution in [0.5, 0.6) is 5.75 Å². The number of ketones is 1. The van der Waals surface area contributed by atoms with Gasteiger partial charge in [-0.15, -0.1) is 11.3 Å². The minimum atomic E-state index is -0.476. The third-order valence-electron chi connectivity index (χ3n) is 4.03. The van der Waals surface area contributed by atoms with Gasteiger partial charge in [-0.05, 0) is 42.7 Å². The molecule has 4 nitrogen and oxygen atoms in total. The van der Waals surface area contributed by atoms with Crippen molar-refractivity contribution in [2.24, 2.45) is 0 Å². The highest BCUT2D eigenvalue weighted by atomic mass is 32.1. The molecule has 0 fully saturated rings. The molecule has 0 bridgehead atoms. The predicted molar refractivity (Wildman–Crippen MR) is 90.1 cm³/mol. The zero-order valence-electron chi connectivity index (χ0n) is 13.6. The fourth-order valence-electron chi connectivity index (χ4n) is 2.67. The molecule has 1 amide bonds. The lowest BCUT2D eigenvalue weighted by Crippen LogP contribution is -2.33. The number of benzene rings is 1. The molecule has 6 heteroatoms. The average Bonchev–Trinajstić information content (AvgIpc) is 2.98. The van der Waals surface area contributed by atoms with E-state index in [4.69, 9.17) is 4.74 Å². The number of amides is 1. The maximum absolute atomic E-state index is 13.7. The van der Waals surface area contributed by atoms with Gasteiger partial charge in [0.25, 0.3) is 0 Å². The lowest BCUT2D eigenvalue weighted by molar-refractivity contribution is -0.129. The fraction of sp³-hybridized carbons (Fsp3) is 0.333. The summed E-state index contributed by atoms with van der Waals surface area (Å²) in [4.78, 5) is 27.3. The number of Topliss-reactive ketones (excluding diaryl/α,β-unsaturated/α-hetero) is 1. The van der Waals surface area contributed by atoms with Crippen molar-refractivity contribution in [1.82, 2.24) is 4.90 Å². The van der Waals surface area contributed by atoms with E-state index in [0.717, 1.165) is 22.4 Å². The van der Waals surface area contributed by atoms with Crippen molar-refractivity contribution in [2.75, 3.05) is 13.2 Å². The van der Waals surface area contributed by atoms with Gasteiger partial charge < -0.3 is 9.64 Å². The monoisotopic (exact) mass is 347 g/mol. The van der Waals surface area contributed by atoms with Crippen LogP contribution in [0.25, 0.3) is 0 Å². The summed E-state index contributed by atoms with van der Waals surface area (Å²) in [6.45, 7) is 4.41. The van der Waals surface area contributed by atoms with Crippen LogP contribution in [0.3, 0.4) is 0 Å². The van der Waals surface area contributed by atoms with E-state index in [1.165, 1.54) is 17.4 Å². The highest BCUT2D eigenvalue weighted by Crippen LogP contribution is 2.29. The molecule has 0 radical (unpaired) electrons. The van der Waals surface area contributed by atoms with E-state index < -0.39 is 5.82 Å². The van der Waals surface area contributed by atoms with Gasteiger partial charge in [-0.3, -0.25) is 9.59 Å². The Bertz CT molecular complexity index is 800. The van der Waals surface area contributed by atoms with Crippen LogP contribution in [-0.2, 0) is 17.8 Å². The van der Waals surface area contributed by atoms with Gasteiger partial charge in [-0.1, -0.05) is 6.07 Å². The van der Waals surface area contributed by atoms with Crippen LogP contribution in [0, 0.1) is 12.7 Å². The van der Waals surface area contributed by atoms with Crippen LogP contribution in [-0.4, -0.2) is 29.7 Å². The van der Waals surface area contributed by atoms with E-state index in [1.54, 1.807) is 24.0 Å². The van der Waals surface area contributed by atoms with Crippen molar-refractivity contribution >= 4 is 23.0 Å². The molecule has 3 rings (SSSR count). The Morgan fingerprint density at radius 1 is 1.33 bits per heavy atom. The Morgan fingerprint density at radius 3 is 2.88 bits per heavy atom. The molecular weight excluding hydrogens is 329 g/mol. The van der Waals surface area contributed by atoms with E-state index in [1.807, 2.05) is 13.0 Å². The number of hydrogen-bond donors (Lipinski definition) is 0. The summed E-state index contributed by atoms with van der Waals surface area (Å²) >= 11 is 1.44. The van der Waals surface area contributed by atoms with Crippen LogP contribution in [0.4, 0.5) is 4.39 Å². The Balaban J connectivity index is 1.68. The molecule has 0 unspecified atom stereocenters. The van der Waals surface area contributed by atoms with E-state index in [-0.39, 0.29) is 24.0 Å². The summed E-state index contributed by atoms with van der Waals surface area (Å²) in [6, 6.07) is 6.38. The fourth-order valence-corrected chi connectivity index (χ4v) is 3.76. The van der Waals surface area contributed by atoms with Gasteiger partial charge in [0.15, 0.2) is 18.2 Å². The number of nitrogens with zero attached hydrogens (tertiary/aromatic N) is 1. The Morgan fingerprint density at radius 2 is 2.12 bits per heavy atom. The first-order valence-electron chi connectivity index (χ1n) is 7.73. The van der Waals surface area contributed by atoms with Gasteiger partial charge in [-0.2, -0.15) is 0 Å². The first kappa shape index (κ1) is 16.6. The van der Waals surface area contributed by atoms with Gasteiger partial charge in [0.05, 0.1) is 4.88 Å². The van der Waals surface area contributed by atoms with Crippen molar-refractivity contribution in [3.8, 4) is 5.75 Å². The number of fused-ring (bicyclic) bond motifs is 1. The topological polar surface area (TPSA) is 46.6 Å². The Hall–Kier alpha value is -2.21. The highest BCUT2D eigenvalue weighted by molar-refractivity contribution is 7.14. The van der Waals surface area contributed by atoms with Crippen molar-refractivity contribution in [1.29, 1.82) is 0 Å². The minimum Gasteiger partial charge on any atom is -0.482 e. The van der Waals surface area contributed by atoms with E-state index in [9.17, 15) is 14.0 Å². The maximum Gasteiger partial charge on any atom is 0.219 e. The molecule has 0 aliphatic carbocycles. The molecule has 0 saturated carbocycles. The number of rotatable bonds is 4. The Kier molecular flexibility index (Phi) is 4.66.